The summed E-state index contributed by atoms with van der Waals surface area (Å²) >= 11 is 0. The third kappa shape index (κ3) is 2.91. The van der Waals surface area contributed by atoms with Crippen molar-refractivity contribution in [2.24, 2.45) is 13.0 Å². The Balaban J connectivity index is 1.59. The second-order valence-electron chi connectivity index (χ2n) is 7.42. The number of aryl methyl sites for hydroxylation is 1. The van der Waals surface area contributed by atoms with Gasteiger partial charge in [-0.3, -0.25) is 4.68 Å². The molecule has 144 valence electrons. The number of aromatic nitrogens is 6. The standard InChI is InChI=1S/C21H20N8/c1-3-14-10-28(11-14)19-5-4-15(7-23-19)20-21-16(6-22)8-25-29(21)13-18(26-20)17-9-24-27(2)12-17/h4-5,7-9,12-14H,3,10-11H2,1-2H3. The summed E-state index contributed by atoms with van der Waals surface area (Å²) in [4.78, 5) is 11.8. The maximum atomic E-state index is 9.52. The fourth-order valence-electron chi connectivity index (χ4n) is 3.72. The first-order valence-corrected chi connectivity index (χ1v) is 9.65. The number of nitrogens with zero attached hydrogens (tertiary/aromatic N) is 8. The van der Waals surface area contributed by atoms with Gasteiger partial charge in [0.15, 0.2) is 0 Å². The lowest BCUT2D eigenvalue weighted by Crippen LogP contribution is -2.46. The van der Waals surface area contributed by atoms with Crippen LogP contribution in [0.2, 0.25) is 0 Å². The molecule has 0 saturated carbocycles. The van der Waals surface area contributed by atoms with Crippen molar-refractivity contribution in [2.45, 2.75) is 13.3 Å². The van der Waals surface area contributed by atoms with Crippen LogP contribution < -0.4 is 4.90 Å². The van der Waals surface area contributed by atoms with Gasteiger partial charge < -0.3 is 4.90 Å². The molecular weight excluding hydrogens is 364 g/mol. The maximum absolute atomic E-state index is 9.52. The second-order valence-corrected chi connectivity index (χ2v) is 7.42. The van der Waals surface area contributed by atoms with Crippen molar-refractivity contribution in [3.05, 3.63) is 48.7 Å². The van der Waals surface area contributed by atoms with Crippen molar-refractivity contribution >= 4 is 11.3 Å². The number of nitriles is 1. The zero-order valence-electron chi connectivity index (χ0n) is 16.3. The van der Waals surface area contributed by atoms with Crippen LogP contribution in [-0.4, -0.2) is 42.5 Å². The quantitative estimate of drug-likeness (QED) is 0.538. The van der Waals surface area contributed by atoms with Crippen LogP contribution in [-0.2, 0) is 7.05 Å². The Morgan fingerprint density at radius 1 is 1.10 bits per heavy atom. The molecule has 0 radical (unpaired) electrons. The van der Waals surface area contributed by atoms with Crippen molar-refractivity contribution < 1.29 is 0 Å². The first kappa shape index (κ1) is 17.4. The topological polar surface area (TPSA) is 87.9 Å². The normalized spacial score (nSPS) is 14.2. The van der Waals surface area contributed by atoms with Crippen LogP contribution in [0, 0.1) is 17.2 Å². The van der Waals surface area contributed by atoms with Crippen LogP contribution in [0.3, 0.4) is 0 Å². The van der Waals surface area contributed by atoms with Gasteiger partial charge in [0, 0.05) is 43.7 Å². The third-order valence-electron chi connectivity index (χ3n) is 5.50. The van der Waals surface area contributed by atoms with E-state index in [2.05, 4.69) is 33.1 Å². The molecule has 0 atom stereocenters. The van der Waals surface area contributed by atoms with E-state index >= 15 is 0 Å². The van der Waals surface area contributed by atoms with Crippen molar-refractivity contribution in [2.75, 3.05) is 18.0 Å². The van der Waals surface area contributed by atoms with Crippen LogP contribution in [0.25, 0.3) is 28.0 Å². The van der Waals surface area contributed by atoms with Crippen molar-refractivity contribution in [1.82, 2.24) is 29.4 Å². The van der Waals surface area contributed by atoms with E-state index in [0.717, 1.165) is 41.6 Å². The highest BCUT2D eigenvalue weighted by atomic mass is 15.3. The molecule has 5 rings (SSSR count). The van der Waals surface area contributed by atoms with Crippen molar-refractivity contribution in [3.63, 3.8) is 0 Å². The third-order valence-corrected chi connectivity index (χ3v) is 5.50. The Morgan fingerprint density at radius 3 is 2.62 bits per heavy atom. The summed E-state index contributed by atoms with van der Waals surface area (Å²) in [5.74, 6) is 1.74. The maximum Gasteiger partial charge on any atom is 0.128 e. The van der Waals surface area contributed by atoms with E-state index in [-0.39, 0.29) is 0 Å². The highest BCUT2D eigenvalue weighted by molar-refractivity contribution is 5.83. The van der Waals surface area contributed by atoms with Crippen molar-refractivity contribution in [1.29, 1.82) is 5.26 Å². The molecule has 4 aromatic rings. The molecule has 8 nitrogen and oxygen atoms in total. The van der Waals surface area contributed by atoms with E-state index < -0.39 is 0 Å². The number of anilines is 1. The van der Waals surface area contributed by atoms with Crippen LogP contribution in [0.4, 0.5) is 5.82 Å². The molecule has 0 aromatic carbocycles. The summed E-state index contributed by atoms with van der Waals surface area (Å²) in [7, 11) is 1.87. The number of hydrogen-bond donors (Lipinski definition) is 0. The van der Waals surface area contributed by atoms with Gasteiger partial charge in [-0.1, -0.05) is 6.92 Å². The molecule has 5 heterocycles. The van der Waals surface area contributed by atoms with Crippen LogP contribution in [0.1, 0.15) is 18.9 Å². The Bertz CT molecular complexity index is 1220. The highest BCUT2D eigenvalue weighted by Crippen LogP contribution is 2.30. The molecule has 0 bridgehead atoms. The summed E-state index contributed by atoms with van der Waals surface area (Å²) in [6.07, 6.45) is 10.1. The molecule has 29 heavy (non-hydrogen) atoms. The zero-order valence-corrected chi connectivity index (χ0v) is 16.3. The zero-order chi connectivity index (χ0) is 20.0. The SMILES string of the molecule is CCC1CN(c2ccc(-c3nc(-c4cnn(C)c4)cn4ncc(C#N)c34)cn2)C1. The Labute approximate surface area is 168 Å². The van der Waals surface area contributed by atoms with Gasteiger partial charge in [-0.05, 0) is 24.5 Å². The fraction of sp³-hybridized carbons (Fsp3) is 0.286. The first-order chi connectivity index (χ1) is 14.2. The van der Waals surface area contributed by atoms with Gasteiger partial charge in [-0.25, -0.2) is 14.5 Å². The van der Waals surface area contributed by atoms with Crippen LogP contribution in [0.5, 0.6) is 0 Å². The van der Waals surface area contributed by atoms with E-state index in [1.807, 2.05) is 37.8 Å². The van der Waals surface area contributed by atoms with Gasteiger partial charge in [0.05, 0.1) is 30.0 Å². The Hall–Kier alpha value is -3.73. The lowest BCUT2D eigenvalue weighted by molar-refractivity contribution is 0.396. The molecule has 8 heteroatoms. The number of pyridine rings is 1. The number of fused-ring (bicyclic) bond motifs is 1. The van der Waals surface area contributed by atoms with Crippen LogP contribution >= 0.6 is 0 Å². The summed E-state index contributed by atoms with van der Waals surface area (Å²) in [5.41, 5.74) is 4.35. The second kappa shape index (κ2) is 6.71. The molecule has 0 aliphatic carbocycles. The predicted molar refractivity (Wildman–Crippen MR) is 109 cm³/mol. The van der Waals surface area contributed by atoms with Gasteiger partial charge in [-0.2, -0.15) is 15.5 Å². The summed E-state index contributed by atoms with van der Waals surface area (Å²) in [5, 5.41) is 18.1. The molecule has 1 saturated heterocycles. The van der Waals surface area contributed by atoms with Gasteiger partial charge in [0.2, 0.25) is 0 Å². The molecular formula is C21H20N8. The van der Waals surface area contributed by atoms with Gasteiger partial charge >= 0.3 is 0 Å². The smallest absolute Gasteiger partial charge is 0.128 e. The van der Waals surface area contributed by atoms with E-state index in [0.29, 0.717) is 16.8 Å². The lowest BCUT2D eigenvalue weighted by Gasteiger charge is -2.39. The molecule has 1 aliphatic rings. The highest BCUT2D eigenvalue weighted by Gasteiger charge is 2.26. The van der Waals surface area contributed by atoms with Crippen LogP contribution in [0.15, 0.2) is 43.1 Å². The molecule has 0 amide bonds. The molecule has 0 N–H and O–H groups in total. The van der Waals surface area contributed by atoms with E-state index in [1.54, 1.807) is 21.6 Å². The largest absolute Gasteiger partial charge is 0.356 e. The van der Waals surface area contributed by atoms with E-state index in [1.165, 1.54) is 6.42 Å². The molecule has 0 spiro atoms. The minimum absolute atomic E-state index is 0.489. The van der Waals surface area contributed by atoms with Gasteiger partial charge in [0.1, 0.15) is 23.0 Å². The molecule has 4 aromatic heterocycles. The Morgan fingerprint density at radius 2 is 1.97 bits per heavy atom. The molecule has 1 fully saturated rings. The Kier molecular flexibility index (Phi) is 4.02. The fourth-order valence-corrected chi connectivity index (χ4v) is 3.72. The summed E-state index contributed by atoms with van der Waals surface area (Å²) in [6.45, 7) is 4.34. The average molecular weight is 384 g/mol. The summed E-state index contributed by atoms with van der Waals surface area (Å²) in [6, 6.07) is 6.26. The van der Waals surface area contributed by atoms with Gasteiger partial charge in [0.25, 0.3) is 0 Å². The van der Waals surface area contributed by atoms with Crippen molar-refractivity contribution in [3.8, 4) is 28.6 Å². The van der Waals surface area contributed by atoms with Gasteiger partial charge in [-0.15, -0.1) is 0 Å². The first-order valence-electron chi connectivity index (χ1n) is 9.65. The van der Waals surface area contributed by atoms with E-state index in [9.17, 15) is 5.26 Å². The average Bonchev–Trinajstić information content (AvgIpc) is 3.33. The monoisotopic (exact) mass is 384 g/mol. The molecule has 0 unspecified atom stereocenters. The lowest BCUT2D eigenvalue weighted by atomic mass is 9.97. The molecule has 1 aliphatic heterocycles. The minimum Gasteiger partial charge on any atom is -0.356 e. The van der Waals surface area contributed by atoms with E-state index in [4.69, 9.17) is 4.98 Å². The number of hydrogen-bond acceptors (Lipinski definition) is 6. The minimum atomic E-state index is 0.489. The predicted octanol–water partition coefficient (Wildman–Crippen LogP) is 2.91. The number of rotatable bonds is 4. The summed E-state index contributed by atoms with van der Waals surface area (Å²) < 4.78 is 3.44.